The maximum Gasteiger partial charge on any atom is 0.309 e. The summed E-state index contributed by atoms with van der Waals surface area (Å²) >= 11 is 0. The van der Waals surface area contributed by atoms with Crippen LogP contribution in [0.3, 0.4) is 0 Å². The summed E-state index contributed by atoms with van der Waals surface area (Å²) in [6.45, 7) is 3.28. The molecule has 10 heteroatoms. The highest BCUT2D eigenvalue weighted by molar-refractivity contribution is 5.89. The number of carbonyl (C=O) groups is 5. The van der Waals surface area contributed by atoms with Crippen LogP contribution >= 0.6 is 0 Å². The van der Waals surface area contributed by atoms with Crippen molar-refractivity contribution in [1.29, 1.82) is 0 Å². The molecule has 0 spiro atoms. The number of rotatable bonds is 4. The van der Waals surface area contributed by atoms with Crippen LogP contribution in [0.1, 0.15) is 123 Å². The van der Waals surface area contributed by atoms with Gasteiger partial charge in [0.15, 0.2) is 0 Å². The van der Waals surface area contributed by atoms with E-state index in [1.54, 1.807) is 13.8 Å². The van der Waals surface area contributed by atoms with Crippen LogP contribution in [0.25, 0.3) is 0 Å². The molecule has 5 N–H and O–H groups in total. The van der Waals surface area contributed by atoms with E-state index in [4.69, 9.17) is 5.11 Å². The zero-order valence-electron chi connectivity index (χ0n) is 28.0. The molecule has 0 radical (unpaired) electrons. The number of aliphatic hydroxyl groups is 1. The predicted octanol–water partition coefficient (Wildman–Crippen LogP) is 5.88. The minimum Gasteiger partial charge on any atom is -0.481 e. The zero-order chi connectivity index (χ0) is 34.1. The minimum atomic E-state index is -0.741. The van der Waals surface area contributed by atoms with Crippen molar-refractivity contribution in [3.63, 3.8) is 0 Å². The summed E-state index contributed by atoms with van der Waals surface area (Å²) in [6.07, 6.45) is 15.9. The SMILES string of the molecule is CC(C)C(=O)O.O=C(O)C12CC3CC(CC(C3)C1)C2.O=C(O)C12CC3CC(CC(O)(C3)C1)C2.O=C1C2CC3CC1CC(C(=O)O)(C3)C2. The summed E-state index contributed by atoms with van der Waals surface area (Å²) in [7, 11) is 0. The molecule has 12 aliphatic carbocycles. The van der Waals surface area contributed by atoms with Gasteiger partial charge in [0.1, 0.15) is 5.78 Å². The van der Waals surface area contributed by atoms with Gasteiger partial charge in [-0.1, -0.05) is 13.8 Å². The third-order valence-electron chi connectivity index (χ3n) is 13.9. The van der Waals surface area contributed by atoms with Gasteiger partial charge in [-0.15, -0.1) is 0 Å². The molecule has 12 aliphatic rings. The lowest BCUT2D eigenvalue weighted by Crippen LogP contribution is -2.58. The lowest BCUT2D eigenvalue weighted by Gasteiger charge is -2.58. The minimum absolute atomic E-state index is 0.0809. The first kappa shape index (κ1) is 34.4. The van der Waals surface area contributed by atoms with Crippen molar-refractivity contribution in [2.24, 2.45) is 69.5 Å². The van der Waals surface area contributed by atoms with Gasteiger partial charge in [-0.2, -0.15) is 0 Å². The first-order valence-corrected chi connectivity index (χ1v) is 18.1. The number of carboxylic acids is 4. The van der Waals surface area contributed by atoms with Gasteiger partial charge in [0.25, 0.3) is 0 Å². The van der Waals surface area contributed by atoms with Crippen molar-refractivity contribution in [3.05, 3.63) is 0 Å². The van der Waals surface area contributed by atoms with Crippen molar-refractivity contribution >= 4 is 29.7 Å². The lowest BCUT2D eigenvalue weighted by atomic mass is 9.48. The summed E-state index contributed by atoms with van der Waals surface area (Å²) in [5.41, 5.74) is -2.01. The number of hydrogen-bond acceptors (Lipinski definition) is 6. The Hall–Kier alpha value is -2.49. The molecule has 4 unspecified atom stereocenters. The number of hydrogen-bond donors (Lipinski definition) is 5. The van der Waals surface area contributed by atoms with Crippen LogP contribution in [0.4, 0.5) is 0 Å². The van der Waals surface area contributed by atoms with Gasteiger partial charge < -0.3 is 25.5 Å². The van der Waals surface area contributed by atoms with Crippen molar-refractivity contribution < 1.29 is 49.5 Å². The number of carboxylic acid groups (broad SMARTS) is 4. The molecule has 0 aromatic rings. The van der Waals surface area contributed by atoms with E-state index in [1.807, 2.05) is 0 Å². The van der Waals surface area contributed by atoms with E-state index in [2.05, 4.69) is 0 Å². The molecule has 0 heterocycles. The molecule has 10 nitrogen and oxygen atoms in total. The summed E-state index contributed by atoms with van der Waals surface area (Å²) in [6, 6.07) is 0. The topological polar surface area (TPSA) is 186 Å². The van der Waals surface area contributed by atoms with Crippen molar-refractivity contribution in [1.82, 2.24) is 0 Å². The highest BCUT2D eigenvalue weighted by atomic mass is 16.4. The molecule has 0 aromatic carbocycles. The second-order valence-corrected chi connectivity index (χ2v) is 18.1. The maximum atomic E-state index is 11.7. The fraction of sp³-hybridized carbons (Fsp3) is 0.865. The summed E-state index contributed by atoms with van der Waals surface area (Å²) in [5.74, 6) is 1.41. The van der Waals surface area contributed by atoms with E-state index < -0.39 is 40.3 Å². The first-order valence-electron chi connectivity index (χ1n) is 18.1. The van der Waals surface area contributed by atoms with Gasteiger partial charge in [-0.05, 0) is 145 Å². The zero-order valence-corrected chi connectivity index (χ0v) is 28.0. The number of ketones is 1. The quantitative estimate of drug-likeness (QED) is 0.244. The Morgan fingerprint density at radius 1 is 0.532 bits per heavy atom. The second-order valence-electron chi connectivity index (χ2n) is 18.1. The molecule has 12 saturated carbocycles. The van der Waals surface area contributed by atoms with Gasteiger partial charge in [-0.3, -0.25) is 24.0 Å². The van der Waals surface area contributed by atoms with Crippen molar-refractivity contribution in [2.75, 3.05) is 0 Å². The molecule has 4 atom stereocenters. The van der Waals surface area contributed by atoms with Crippen LogP contribution in [0.2, 0.25) is 0 Å². The Bertz CT molecular complexity index is 1230. The largest absolute Gasteiger partial charge is 0.481 e. The highest BCUT2D eigenvalue weighted by Crippen LogP contribution is 2.62. The molecule has 0 saturated heterocycles. The molecule has 12 rings (SSSR count). The summed E-state index contributed by atoms with van der Waals surface area (Å²) in [5, 5.41) is 46.1. The van der Waals surface area contributed by atoms with Gasteiger partial charge in [0, 0.05) is 11.8 Å². The number of aliphatic carboxylic acids is 4. The van der Waals surface area contributed by atoms with E-state index in [0.29, 0.717) is 42.8 Å². The van der Waals surface area contributed by atoms with E-state index in [0.717, 1.165) is 88.4 Å². The number of Topliss-reactive ketones (excluding diaryl/α,β-unsaturated/α-hetero) is 1. The fourth-order valence-corrected chi connectivity index (χ4v) is 12.8. The smallest absolute Gasteiger partial charge is 0.309 e. The highest BCUT2D eigenvalue weighted by Gasteiger charge is 2.61. The molecular weight excluding hydrogens is 604 g/mol. The van der Waals surface area contributed by atoms with E-state index in [9.17, 15) is 44.4 Å². The third kappa shape index (κ3) is 6.49. The lowest BCUT2D eigenvalue weighted by molar-refractivity contribution is -0.191. The maximum absolute atomic E-state index is 11.7. The predicted molar refractivity (Wildman–Crippen MR) is 169 cm³/mol. The van der Waals surface area contributed by atoms with Gasteiger partial charge in [-0.25, -0.2) is 0 Å². The Kier molecular flexibility index (Phi) is 8.87. The van der Waals surface area contributed by atoms with E-state index in [-0.39, 0.29) is 23.2 Å². The average molecular weight is 659 g/mol. The van der Waals surface area contributed by atoms with Crippen LogP contribution in [0.15, 0.2) is 0 Å². The van der Waals surface area contributed by atoms with Gasteiger partial charge in [0.2, 0.25) is 0 Å². The van der Waals surface area contributed by atoms with Crippen LogP contribution in [0, 0.1) is 69.5 Å². The molecule has 0 aliphatic heterocycles. The second kappa shape index (κ2) is 12.1. The van der Waals surface area contributed by atoms with Crippen LogP contribution in [-0.4, -0.2) is 60.8 Å². The van der Waals surface area contributed by atoms with Crippen LogP contribution in [0.5, 0.6) is 0 Å². The monoisotopic (exact) mass is 658 g/mol. The molecule has 262 valence electrons. The molecule has 47 heavy (non-hydrogen) atoms. The molecule has 0 amide bonds. The standard InChI is InChI=1S/C11H16O3.C11H14O3.C11H16O2.C4H8O2/c12-9(13)10-2-7-1-8(3-10)5-11(14,4-7)6-10;12-9-7-1-6-2-8(9)5-11(3-6,4-7)10(13)14;12-10(13)11-4-7-1-8(5-11)3-9(2-7)6-11;1-3(2)4(5)6/h7-8,14H,1-6H2,(H,12,13);6-8H,1-5H2,(H,13,14);7-9H,1-6H2,(H,12,13);3H,1-2H3,(H,5,6). The summed E-state index contributed by atoms with van der Waals surface area (Å²) < 4.78 is 0. The van der Waals surface area contributed by atoms with Crippen LogP contribution < -0.4 is 0 Å². The molecule has 12 bridgehead atoms. The normalized spacial score (nSPS) is 46.9. The average Bonchev–Trinajstić information content (AvgIpc) is 2.94. The van der Waals surface area contributed by atoms with Crippen molar-refractivity contribution in [2.45, 2.75) is 129 Å². The van der Waals surface area contributed by atoms with E-state index in [1.165, 1.54) is 19.3 Å². The molecule has 12 fully saturated rings. The van der Waals surface area contributed by atoms with Gasteiger partial charge >= 0.3 is 23.9 Å². The van der Waals surface area contributed by atoms with Crippen LogP contribution in [-0.2, 0) is 24.0 Å². The Balaban J connectivity index is 0.000000114. The Morgan fingerprint density at radius 3 is 1.19 bits per heavy atom. The third-order valence-corrected chi connectivity index (χ3v) is 13.9. The molecule has 0 aromatic heterocycles. The Morgan fingerprint density at radius 2 is 0.851 bits per heavy atom. The van der Waals surface area contributed by atoms with Gasteiger partial charge in [0.05, 0.1) is 27.8 Å². The fourth-order valence-electron chi connectivity index (χ4n) is 12.8. The summed E-state index contributed by atoms with van der Waals surface area (Å²) in [4.78, 5) is 55.2. The van der Waals surface area contributed by atoms with E-state index >= 15 is 0 Å². The molecular formula is C37H54O10. The first-order chi connectivity index (χ1) is 21.9. The van der Waals surface area contributed by atoms with Crippen molar-refractivity contribution in [3.8, 4) is 0 Å². The number of carbonyl (C=O) groups excluding carboxylic acids is 1. The Labute approximate surface area is 277 Å².